The molecule has 0 bridgehead atoms. The van der Waals surface area contributed by atoms with E-state index in [-0.39, 0.29) is 0 Å². The van der Waals surface area contributed by atoms with E-state index in [2.05, 4.69) is 41.5 Å². The minimum Gasteiger partial charge on any atom is -0.378 e. The van der Waals surface area contributed by atoms with E-state index in [1.54, 1.807) is 0 Å². The minimum absolute atomic E-state index is 0.394. The molecule has 2 aliphatic rings. The van der Waals surface area contributed by atoms with Crippen LogP contribution in [0.4, 0.5) is 5.82 Å². The summed E-state index contributed by atoms with van der Waals surface area (Å²) in [6, 6.07) is 0. The van der Waals surface area contributed by atoms with Crippen molar-refractivity contribution in [3.05, 3.63) is 10.7 Å². The third-order valence-corrected chi connectivity index (χ3v) is 5.85. The molecule has 2 saturated heterocycles. The van der Waals surface area contributed by atoms with Crippen molar-refractivity contribution in [2.75, 3.05) is 24.6 Å². The lowest BCUT2D eigenvalue weighted by Crippen LogP contribution is -2.41. The van der Waals surface area contributed by atoms with Gasteiger partial charge in [0.1, 0.15) is 11.0 Å². The summed E-state index contributed by atoms with van der Waals surface area (Å²) < 4.78 is 15.5. The monoisotopic (exact) mass is 368 g/mol. The number of fused-ring (bicyclic) bond motifs is 1. The van der Waals surface area contributed by atoms with Crippen molar-refractivity contribution in [3.8, 4) is 0 Å². The molecule has 4 rings (SSSR count). The molecule has 2 aromatic heterocycles. The largest absolute Gasteiger partial charge is 0.378 e. The fraction of sp³-hybridized carbons (Fsp3) is 0.643. The molecule has 2 aromatic rings. The Morgan fingerprint density at radius 2 is 2.10 bits per heavy atom. The predicted octanol–water partition coefficient (Wildman–Crippen LogP) is 3.24. The number of ether oxygens (including phenoxy) is 1. The van der Waals surface area contributed by atoms with Crippen molar-refractivity contribution < 1.29 is 4.74 Å². The van der Waals surface area contributed by atoms with Crippen molar-refractivity contribution in [1.29, 1.82) is 0 Å². The Balaban J connectivity index is 1.58. The highest BCUT2D eigenvalue weighted by Gasteiger charge is 2.41. The number of halogens is 1. The number of nitrogens with zero attached hydrogens (tertiary/aromatic N) is 4. The summed E-state index contributed by atoms with van der Waals surface area (Å²) in [5.41, 5.74) is 2.23. The molecule has 0 amide bonds. The van der Waals surface area contributed by atoms with Gasteiger partial charge in [-0.15, -0.1) is 0 Å². The molecule has 5 nitrogen and oxygen atoms in total. The summed E-state index contributed by atoms with van der Waals surface area (Å²) in [6.07, 6.45) is 5.80. The van der Waals surface area contributed by atoms with Crippen LogP contribution in [-0.2, 0) is 4.74 Å². The molecule has 0 aliphatic carbocycles. The number of hydrogen-bond donors (Lipinski definition) is 0. The summed E-state index contributed by atoms with van der Waals surface area (Å²) in [6.45, 7) is 5.15. The van der Waals surface area contributed by atoms with Gasteiger partial charge in [0.25, 0.3) is 0 Å². The first-order chi connectivity index (χ1) is 10.2. The SMILES string of the molecule is C[C@H]1CC2(CCN(c3ncc(Br)c4nsnc34)CC2)CO1. The maximum absolute atomic E-state index is 5.80. The lowest BCUT2D eigenvalue weighted by atomic mass is 9.77. The summed E-state index contributed by atoms with van der Waals surface area (Å²) in [4.78, 5) is 6.94. The number of hydrogen-bond acceptors (Lipinski definition) is 6. The van der Waals surface area contributed by atoms with Crippen LogP contribution in [0.15, 0.2) is 10.7 Å². The highest BCUT2D eigenvalue weighted by molar-refractivity contribution is 9.10. The highest BCUT2D eigenvalue weighted by atomic mass is 79.9. The van der Waals surface area contributed by atoms with Crippen molar-refractivity contribution in [3.63, 3.8) is 0 Å². The van der Waals surface area contributed by atoms with Gasteiger partial charge >= 0.3 is 0 Å². The molecule has 2 aliphatic heterocycles. The van der Waals surface area contributed by atoms with Gasteiger partial charge in [0.05, 0.1) is 28.9 Å². The molecular formula is C14H17BrN4OS. The molecule has 2 fully saturated rings. The Labute approximate surface area is 136 Å². The first-order valence-corrected chi connectivity index (χ1v) is 8.83. The average Bonchev–Trinajstić information content (AvgIpc) is 3.09. The highest BCUT2D eigenvalue weighted by Crippen LogP contribution is 2.43. The lowest BCUT2D eigenvalue weighted by molar-refractivity contribution is 0.0976. The zero-order chi connectivity index (χ0) is 14.4. The number of piperidine rings is 1. The number of pyridine rings is 1. The van der Waals surface area contributed by atoms with Crippen molar-refractivity contribution in [1.82, 2.24) is 13.7 Å². The van der Waals surface area contributed by atoms with Gasteiger partial charge in [0.2, 0.25) is 0 Å². The Morgan fingerprint density at radius 1 is 1.33 bits per heavy atom. The van der Waals surface area contributed by atoms with Crippen LogP contribution in [0.3, 0.4) is 0 Å². The van der Waals surface area contributed by atoms with Crippen molar-refractivity contribution in [2.45, 2.75) is 32.3 Å². The molecule has 0 N–H and O–H groups in total. The Morgan fingerprint density at radius 3 is 2.81 bits per heavy atom. The lowest BCUT2D eigenvalue weighted by Gasteiger charge is -2.39. The van der Waals surface area contributed by atoms with Crippen LogP contribution < -0.4 is 4.90 Å². The van der Waals surface area contributed by atoms with E-state index < -0.39 is 0 Å². The fourth-order valence-electron chi connectivity index (χ4n) is 3.55. The summed E-state index contributed by atoms with van der Waals surface area (Å²) in [5.74, 6) is 0.976. The van der Waals surface area contributed by atoms with E-state index >= 15 is 0 Å². The summed E-state index contributed by atoms with van der Waals surface area (Å²) in [7, 11) is 0. The van der Waals surface area contributed by atoms with E-state index in [9.17, 15) is 0 Å². The minimum atomic E-state index is 0.394. The smallest absolute Gasteiger partial charge is 0.158 e. The van der Waals surface area contributed by atoms with Crippen molar-refractivity contribution in [2.24, 2.45) is 5.41 Å². The average molecular weight is 369 g/mol. The van der Waals surface area contributed by atoms with Crippen LogP contribution in [0.5, 0.6) is 0 Å². The third kappa shape index (κ3) is 2.35. The summed E-state index contributed by atoms with van der Waals surface area (Å²) >= 11 is 4.74. The van der Waals surface area contributed by atoms with Gasteiger partial charge in [-0.1, -0.05) is 0 Å². The molecule has 112 valence electrons. The van der Waals surface area contributed by atoms with Gasteiger partial charge in [0.15, 0.2) is 5.82 Å². The standard InChI is InChI=1S/C14H17BrN4OS/c1-9-6-14(8-20-9)2-4-19(5-3-14)13-12-11(17-21-18-12)10(15)7-16-13/h7,9H,2-6,8H2,1H3/t9-/m0/s1. The van der Waals surface area contributed by atoms with Gasteiger partial charge in [-0.05, 0) is 47.5 Å². The normalized spacial score (nSPS) is 25.0. The molecule has 0 aromatic carbocycles. The van der Waals surface area contributed by atoms with Crippen LogP contribution in [0.25, 0.3) is 11.0 Å². The van der Waals surface area contributed by atoms with Crippen molar-refractivity contribution >= 4 is 44.5 Å². The zero-order valence-electron chi connectivity index (χ0n) is 11.9. The van der Waals surface area contributed by atoms with Crippen LogP contribution >= 0.6 is 27.7 Å². The van der Waals surface area contributed by atoms with Crippen LogP contribution in [0, 0.1) is 5.41 Å². The van der Waals surface area contributed by atoms with E-state index in [0.29, 0.717) is 11.5 Å². The van der Waals surface area contributed by atoms with E-state index in [1.165, 1.54) is 31.0 Å². The fourth-order valence-corrected chi connectivity index (χ4v) is 4.60. The van der Waals surface area contributed by atoms with E-state index in [0.717, 1.165) is 41.0 Å². The second kappa shape index (κ2) is 5.14. The molecule has 4 heterocycles. The second-order valence-electron chi connectivity index (χ2n) is 6.20. The van der Waals surface area contributed by atoms with Gasteiger partial charge in [-0.3, -0.25) is 0 Å². The Hall–Kier alpha value is -0.790. The second-order valence-corrected chi connectivity index (χ2v) is 7.59. The first-order valence-electron chi connectivity index (χ1n) is 7.30. The molecule has 1 atom stereocenters. The first kappa shape index (κ1) is 13.8. The van der Waals surface area contributed by atoms with Crippen LogP contribution in [0.2, 0.25) is 0 Å². The molecule has 0 unspecified atom stereocenters. The third-order valence-electron chi connectivity index (χ3n) is 4.74. The van der Waals surface area contributed by atoms with Gasteiger partial charge in [-0.25, -0.2) is 4.98 Å². The van der Waals surface area contributed by atoms with E-state index in [4.69, 9.17) is 4.74 Å². The molecule has 1 spiro atoms. The summed E-state index contributed by atoms with van der Waals surface area (Å²) in [5, 5.41) is 0. The molecular weight excluding hydrogens is 352 g/mol. The molecule has 0 saturated carbocycles. The predicted molar refractivity (Wildman–Crippen MR) is 86.8 cm³/mol. The molecule has 0 radical (unpaired) electrons. The van der Waals surface area contributed by atoms with Gasteiger partial charge in [0, 0.05) is 19.3 Å². The maximum Gasteiger partial charge on any atom is 0.158 e. The van der Waals surface area contributed by atoms with Crippen LogP contribution in [-0.4, -0.2) is 39.5 Å². The van der Waals surface area contributed by atoms with Gasteiger partial charge < -0.3 is 9.64 Å². The number of anilines is 1. The Bertz CT molecular complexity index is 668. The number of rotatable bonds is 1. The quantitative estimate of drug-likeness (QED) is 0.773. The van der Waals surface area contributed by atoms with Crippen LogP contribution in [0.1, 0.15) is 26.2 Å². The molecule has 21 heavy (non-hydrogen) atoms. The zero-order valence-corrected chi connectivity index (χ0v) is 14.3. The topological polar surface area (TPSA) is 51.1 Å². The van der Waals surface area contributed by atoms with E-state index in [1.807, 2.05) is 6.20 Å². The number of aromatic nitrogens is 3. The maximum atomic E-state index is 5.80. The molecule has 7 heteroatoms. The van der Waals surface area contributed by atoms with Gasteiger partial charge in [-0.2, -0.15) is 8.75 Å². The Kier molecular flexibility index (Phi) is 3.39.